The smallest absolute Gasteiger partial charge is 0.412 e. The second-order valence-electron chi connectivity index (χ2n) is 7.16. The van der Waals surface area contributed by atoms with E-state index in [0.29, 0.717) is 17.0 Å². The molecule has 14 heteroatoms. The molecule has 3 N–H and O–H groups in total. The Balaban J connectivity index is 1.55. The van der Waals surface area contributed by atoms with Gasteiger partial charge in [-0.1, -0.05) is 11.6 Å². The summed E-state index contributed by atoms with van der Waals surface area (Å²) in [4.78, 5) is 53.8. The van der Waals surface area contributed by atoms with E-state index in [4.69, 9.17) is 16.3 Å². The van der Waals surface area contributed by atoms with Crippen LogP contribution in [0, 0.1) is 10.1 Å². The molecule has 4 rings (SSSR count). The van der Waals surface area contributed by atoms with Crippen molar-refractivity contribution in [3.63, 3.8) is 0 Å². The summed E-state index contributed by atoms with van der Waals surface area (Å²) in [5.41, 5.74) is 0.232. The highest BCUT2D eigenvalue weighted by Gasteiger charge is 2.30. The molecule has 2 heterocycles. The summed E-state index contributed by atoms with van der Waals surface area (Å²) in [5, 5.41) is 26.6. The number of rotatable bonds is 7. The third-order valence-electron chi connectivity index (χ3n) is 4.85. The lowest BCUT2D eigenvalue weighted by atomic mass is 10.1. The van der Waals surface area contributed by atoms with Crippen LogP contribution in [0.3, 0.4) is 0 Å². The van der Waals surface area contributed by atoms with Gasteiger partial charge in [0, 0.05) is 23.0 Å². The van der Waals surface area contributed by atoms with Gasteiger partial charge in [-0.2, -0.15) is 0 Å². The fourth-order valence-corrected chi connectivity index (χ4v) is 3.36. The molecular weight excluding hydrogens is 484 g/mol. The number of carboxylic acid groups (broad SMARTS) is 1. The first-order chi connectivity index (χ1) is 16.7. The number of hydrogen-bond acceptors (Lipinski definition) is 9. The maximum Gasteiger partial charge on any atom is 0.412 e. The number of anilines is 2. The minimum absolute atomic E-state index is 0.0398. The van der Waals surface area contributed by atoms with Gasteiger partial charge < -0.3 is 20.0 Å². The van der Waals surface area contributed by atoms with Gasteiger partial charge in [0.1, 0.15) is 24.6 Å². The number of carbonyl (C=O) groups is 3. The number of halogens is 1. The largest absolute Gasteiger partial charge is 0.477 e. The third kappa shape index (κ3) is 5.09. The summed E-state index contributed by atoms with van der Waals surface area (Å²) in [6, 6.07) is 7.59. The summed E-state index contributed by atoms with van der Waals surface area (Å²) in [5.74, 6) is -1.40. The number of nitrogens with zero attached hydrogens (tertiary/aromatic N) is 4. The molecule has 0 bridgehead atoms. The van der Waals surface area contributed by atoms with E-state index in [2.05, 4.69) is 20.6 Å². The van der Waals surface area contributed by atoms with E-state index in [1.54, 1.807) is 24.3 Å². The van der Waals surface area contributed by atoms with Crippen LogP contribution in [-0.2, 0) is 20.9 Å². The van der Waals surface area contributed by atoms with Crippen LogP contribution in [0.5, 0.6) is 0 Å². The predicted molar refractivity (Wildman–Crippen MR) is 124 cm³/mol. The Morgan fingerprint density at radius 1 is 1.31 bits per heavy atom. The molecule has 0 fully saturated rings. The Kier molecular flexibility index (Phi) is 6.42. The van der Waals surface area contributed by atoms with Gasteiger partial charge in [-0.3, -0.25) is 20.0 Å². The van der Waals surface area contributed by atoms with E-state index in [9.17, 15) is 29.6 Å². The average molecular weight is 499 g/mol. The highest BCUT2D eigenvalue weighted by molar-refractivity contribution is 6.42. The molecular formula is C21H15ClN6O7. The number of ether oxygens (including phenoxy) is 1. The van der Waals surface area contributed by atoms with Crippen molar-refractivity contribution < 1.29 is 29.2 Å². The molecule has 35 heavy (non-hydrogen) atoms. The summed E-state index contributed by atoms with van der Waals surface area (Å²) in [6.07, 6.45) is 2.29. The van der Waals surface area contributed by atoms with Crippen molar-refractivity contribution in [2.45, 2.75) is 12.6 Å². The number of benzene rings is 2. The maximum atomic E-state index is 12.0. The number of carbonyl (C=O) groups excluding carboxylic acids is 2. The molecule has 1 unspecified atom stereocenters. The number of carboxylic acids is 1. The Labute approximate surface area is 201 Å². The van der Waals surface area contributed by atoms with E-state index in [1.165, 1.54) is 23.2 Å². The van der Waals surface area contributed by atoms with Crippen LogP contribution >= 0.6 is 11.6 Å². The zero-order chi connectivity index (χ0) is 25.1. The number of aliphatic imine (C=N–C) groups is 1. The molecule has 0 saturated carbocycles. The van der Waals surface area contributed by atoms with Crippen LogP contribution in [0.15, 0.2) is 53.9 Å². The standard InChI is InChI=1S/C21H15ClN6O7/c22-11-1-3-12(4-2-11)24-21(32)35-9-13-7-27(10-23-13)17-5-15-14(6-18(17)28(33)34)25-16(8-29)19(26-15)20(30)31/h1-8,10,16,25H,9H2,(H,24,32)(H,30,31). The molecule has 0 spiro atoms. The lowest BCUT2D eigenvalue weighted by Crippen LogP contribution is -2.38. The first kappa shape index (κ1) is 23.4. The van der Waals surface area contributed by atoms with Gasteiger partial charge in [0.2, 0.25) is 0 Å². The van der Waals surface area contributed by atoms with E-state index < -0.39 is 28.7 Å². The van der Waals surface area contributed by atoms with E-state index >= 15 is 0 Å². The lowest BCUT2D eigenvalue weighted by molar-refractivity contribution is -0.384. The minimum Gasteiger partial charge on any atom is -0.477 e. The fourth-order valence-electron chi connectivity index (χ4n) is 3.24. The highest BCUT2D eigenvalue weighted by atomic mass is 35.5. The predicted octanol–water partition coefficient (Wildman–Crippen LogP) is 3.33. The Morgan fingerprint density at radius 2 is 2.06 bits per heavy atom. The lowest BCUT2D eigenvalue weighted by Gasteiger charge is -2.21. The van der Waals surface area contributed by atoms with Gasteiger partial charge in [0.15, 0.2) is 5.71 Å². The molecule has 0 saturated heterocycles. The summed E-state index contributed by atoms with van der Waals surface area (Å²) >= 11 is 5.80. The van der Waals surface area contributed by atoms with E-state index in [1.807, 2.05) is 0 Å². The van der Waals surface area contributed by atoms with E-state index in [0.717, 1.165) is 6.07 Å². The molecule has 1 aliphatic heterocycles. The SMILES string of the molecule is O=CC1Nc2cc([N+](=O)[O-])c(-n3cnc(COC(=O)Nc4ccc(Cl)cc4)c3)cc2N=C1C(=O)O. The molecule has 1 aliphatic rings. The van der Waals surface area contributed by atoms with Crippen LogP contribution in [0.4, 0.5) is 27.5 Å². The van der Waals surface area contributed by atoms with Crippen molar-refractivity contribution >= 4 is 58.4 Å². The number of fused-ring (bicyclic) bond motifs is 1. The van der Waals surface area contributed by atoms with Crippen LogP contribution in [-0.4, -0.2) is 49.7 Å². The topological polar surface area (TPSA) is 178 Å². The number of hydrogen-bond donors (Lipinski definition) is 3. The van der Waals surface area contributed by atoms with Gasteiger partial charge >= 0.3 is 12.1 Å². The van der Waals surface area contributed by atoms with Crippen LogP contribution in [0.1, 0.15) is 5.69 Å². The Hall–Kier alpha value is -4.78. The summed E-state index contributed by atoms with van der Waals surface area (Å²) in [7, 11) is 0. The Morgan fingerprint density at radius 3 is 2.71 bits per heavy atom. The van der Waals surface area contributed by atoms with Crippen molar-refractivity contribution in [2.75, 3.05) is 10.6 Å². The molecule has 2 aromatic carbocycles. The van der Waals surface area contributed by atoms with Gasteiger partial charge in [-0.05, 0) is 30.3 Å². The normalized spacial score (nSPS) is 14.2. The zero-order valence-electron chi connectivity index (χ0n) is 17.5. The second-order valence-corrected chi connectivity index (χ2v) is 7.59. The number of nitro groups is 1. The van der Waals surface area contributed by atoms with Crippen LogP contribution in [0.25, 0.3) is 5.69 Å². The maximum absolute atomic E-state index is 12.0. The molecule has 1 aromatic heterocycles. The zero-order valence-corrected chi connectivity index (χ0v) is 18.3. The number of imidazole rings is 1. The van der Waals surface area contributed by atoms with Crippen LogP contribution in [0.2, 0.25) is 5.02 Å². The van der Waals surface area contributed by atoms with Gasteiger partial charge in [0.25, 0.3) is 5.69 Å². The minimum atomic E-state index is -1.40. The van der Waals surface area contributed by atoms with Crippen molar-refractivity contribution in [1.82, 2.24) is 9.55 Å². The van der Waals surface area contributed by atoms with Crippen molar-refractivity contribution in [1.29, 1.82) is 0 Å². The average Bonchev–Trinajstić information content (AvgIpc) is 3.31. The van der Waals surface area contributed by atoms with Gasteiger partial charge in [0.05, 0.1) is 28.3 Å². The number of amides is 1. The molecule has 1 amide bonds. The number of nitro benzene ring substituents is 1. The van der Waals surface area contributed by atoms with Crippen molar-refractivity contribution in [3.05, 3.63) is 69.8 Å². The van der Waals surface area contributed by atoms with Gasteiger partial charge in [-0.15, -0.1) is 0 Å². The monoisotopic (exact) mass is 498 g/mol. The van der Waals surface area contributed by atoms with Crippen molar-refractivity contribution in [3.8, 4) is 5.69 Å². The fraction of sp³-hybridized carbons (Fsp3) is 0.0952. The molecule has 0 aliphatic carbocycles. The first-order valence-corrected chi connectivity index (χ1v) is 10.2. The second kappa shape index (κ2) is 9.61. The van der Waals surface area contributed by atoms with Crippen LogP contribution < -0.4 is 10.6 Å². The Bertz CT molecular complexity index is 1370. The molecule has 0 radical (unpaired) electrons. The van der Waals surface area contributed by atoms with E-state index in [-0.39, 0.29) is 35.1 Å². The number of nitrogens with one attached hydrogen (secondary N) is 2. The number of aldehydes is 1. The summed E-state index contributed by atoms with van der Waals surface area (Å²) in [6.45, 7) is -0.227. The molecule has 178 valence electrons. The number of aliphatic carboxylic acids is 1. The third-order valence-corrected chi connectivity index (χ3v) is 5.10. The molecule has 3 aromatic rings. The quantitative estimate of drug-likeness (QED) is 0.250. The van der Waals surface area contributed by atoms with Gasteiger partial charge in [-0.25, -0.2) is 19.6 Å². The first-order valence-electron chi connectivity index (χ1n) is 9.84. The molecule has 1 atom stereocenters. The molecule has 13 nitrogen and oxygen atoms in total. The summed E-state index contributed by atoms with van der Waals surface area (Å²) < 4.78 is 6.44. The highest BCUT2D eigenvalue weighted by Crippen LogP contribution is 2.38. The number of aromatic nitrogens is 2. The van der Waals surface area contributed by atoms with Crippen molar-refractivity contribution in [2.24, 2.45) is 4.99 Å².